The molecule has 0 radical (unpaired) electrons. The van der Waals surface area contributed by atoms with E-state index < -0.39 is 24.3 Å². The van der Waals surface area contributed by atoms with Crippen LogP contribution in [0.25, 0.3) is 0 Å². The van der Waals surface area contributed by atoms with Crippen molar-refractivity contribution in [3.63, 3.8) is 0 Å². The summed E-state index contributed by atoms with van der Waals surface area (Å²) in [5.74, 6) is 4.99. The molecule has 2 aromatic rings. The molecule has 0 saturated carbocycles. The average molecular weight is 437 g/mol. The van der Waals surface area contributed by atoms with E-state index in [1.807, 2.05) is 31.0 Å². The van der Waals surface area contributed by atoms with Crippen LogP contribution < -0.4 is 16.4 Å². The molecule has 2 aromatic carbocycles. The van der Waals surface area contributed by atoms with Gasteiger partial charge in [-0.2, -0.15) is 0 Å². The number of nitrogens with one attached hydrogen (secondary N) is 2. The minimum absolute atomic E-state index is 0.0733. The predicted octanol–water partition coefficient (Wildman–Crippen LogP) is 0.595. The Morgan fingerprint density at radius 2 is 1.59 bits per heavy atom. The SMILES string of the molecule is CCN(C)CC(=O)Nc1ccc(C#Cc2ccc(C(=O)N[C@@H](CN)C(=O)CO)cc2)cc1. The van der Waals surface area contributed by atoms with Crippen LogP contribution in [0.1, 0.15) is 28.4 Å². The van der Waals surface area contributed by atoms with Crippen molar-refractivity contribution in [1.82, 2.24) is 10.2 Å². The van der Waals surface area contributed by atoms with Crippen LogP contribution in [0.2, 0.25) is 0 Å². The van der Waals surface area contributed by atoms with E-state index in [0.717, 1.165) is 12.1 Å². The number of hydrogen-bond acceptors (Lipinski definition) is 6. The molecule has 0 bridgehead atoms. The molecule has 0 aliphatic rings. The summed E-state index contributed by atoms with van der Waals surface area (Å²) in [6, 6.07) is 12.9. The number of amides is 2. The first-order valence-electron chi connectivity index (χ1n) is 10.2. The molecule has 0 heterocycles. The highest BCUT2D eigenvalue weighted by Gasteiger charge is 2.18. The van der Waals surface area contributed by atoms with Gasteiger partial charge in [-0.15, -0.1) is 0 Å². The Morgan fingerprint density at radius 3 is 2.09 bits per heavy atom. The maximum Gasteiger partial charge on any atom is 0.251 e. The van der Waals surface area contributed by atoms with Gasteiger partial charge in [-0.1, -0.05) is 18.8 Å². The summed E-state index contributed by atoms with van der Waals surface area (Å²) in [6.45, 7) is 2.34. The Labute approximate surface area is 187 Å². The van der Waals surface area contributed by atoms with Gasteiger partial charge in [-0.05, 0) is 62.1 Å². The van der Waals surface area contributed by atoms with Gasteiger partial charge >= 0.3 is 0 Å². The highest BCUT2D eigenvalue weighted by molar-refractivity contribution is 5.98. The molecule has 0 spiro atoms. The molecule has 1 atom stereocenters. The van der Waals surface area contributed by atoms with E-state index in [9.17, 15) is 14.4 Å². The zero-order valence-corrected chi connectivity index (χ0v) is 18.2. The molecule has 0 aliphatic carbocycles. The van der Waals surface area contributed by atoms with Crippen LogP contribution in [0.3, 0.4) is 0 Å². The van der Waals surface area contributed by atoms with E-state index in [2.05, 4.69) is 22.5 Å². The van der Waals surface area contributed by atoms with Crippen molar-refractivity contribution in [2.45, 2.75) is 13.0 Å². The van der Waals surface area contributed by atoms with Gasteiger partial charge in [-0.3, -0.25) is 19.3 Å². The van der Waals surface area contributed by atoms with Crippen molar-refractivity contribution in [2.75, 3.05) is 38.6 Å². The highest BCUT2D eigenvalue weighted by Crippen LogP contribution is 2.10. The number of likely N-dealkylation sites (N-methyl/N-ethyl adjacent to an activating group) is 1. The second-order valence-corrected chi connectivity index (χ2v) is 7.17. The summed E-state index contributed by atoms with van der Waals surface area (Å²) in [6.07, 6.45) is 0. The zero-order valence-electron chi connectivity index (χ0n) is 18.2. The number of rotatable bonds is 9. The third-order valence-corrected chi connectivity index (χ3v) is 4.71. The molecule has 0 aliphatic heterocycles. The van der Waals surface area contributed by atoms with Crippen molar-refractivity contribution >= 4 is 23.3 Å². The smallest absolute Gasteiger partial charge is 0.251 e. The van der Waals surface area contributed by atoms with E-state index in [0.29, 0.717) is 23.4 Å². The molecule has 8 heteroatoms. The number of anilines is 1. The molecule has 0 unspecified atom stereocenters. The molecular weight excluding hydrogens is 408 g/mol. The number of Topliss-reactive ketones (excluding diaryl/α,β-unsaturated/α-hetero) is 1. The van der Waals surface area contributed by atoms with E-state index in [4.69, 9.17) is 10.8 Å². The van der Waals surface area contributed by atoms with Gasteiger partial charge in [0.05, 0.1) is 6.54 Å². The largest absolute Gasteiger partial charge is 0.388 e. The molecule has 0 fully saturated rings. The Bertz CT molecular complexity index is 991. The molecule has 168 valence electrons. The fourth-order valence-corrected chi connectivity index (χ4v) is 2.67. The minimum Gasteiger partial charge on any atom is -0.388 e. The van der Waals surface area contributed by atoms with Crippen LogP contribution in [-0.2, 0) is 9.59 Å². The summed E-state index contributed by atoms with van der Waals surface area (Å²) in [4.78, 5) is 37.6. The first-order chi connectivity index (χ1) is 15.4. The number of benzene rings is 2. The lowest BCUT2D eigenvalue weighted by Gasteiger charge is -2.14. The third kappa shape index (κ3) is 7.63. The summed E-state index contributed by atoms with van der Waals surface area (Å²) >= 11 is 0. The predicted molar refractivity (Wildman–Crippen MR) is 123 cm³/mol. The lowest BCUT2D eigenvalue weighted by atomic mass is 10.1. The third-order valence-electron chi connectivity index (χ3n) is 4.71. The van der Waals surface area contributed by atoms with Gasteiger partial charge < -0.3 is 21.5 Å². The maximum atomic E-state index is 12.2. The summed E-state index contributed by atoms with van der Waals surface area (Å²) in [5, 5.41) is 14.3. The van der Waals surface area contributed by atoms with Crippen LogP contribution >= 0.6 is 0 Å². The monoisotopic (exact) mass is 436 g/mol. The van der Waals surface area contributed by atoms with E-state index in [1.165, 1.54) is 0 Å². The van der Waals surface area contributed by atoms with Crippen molar-refractivity contribution in [1.29, 1.82) is 0 Å². The van der Waals surface area contributed by atoms with Crippen LogP contribution in [0.15, 0.2) is 48.5 Å². The lowest BCUT2D eigenvalue weighted by Crippen LogP contribution is -2.46. The van der Waals surface area contributed by atoms with Crippen molar-refractivity contribution in [2.24, 2.45) is 5.73 Å². The van der Waals surface area contributed by atoms with Crippen LogP contribution in [-0.4, -0.2) is 66.9 Å². The maximum absolute atomic E-state index is 12.2. The molecular formula is C24H28N4O4. The van der Waals surface area contributed by atoms with Gasteiger partial charge in [0.25, 0.3) is 5.91 Å². The van der Waals surface area contributed by atoms with Gasteiger partial charge in [0.2, 0.25) is 5.91 Å². The zero-order chi connectivity index (χ0) is 23.5. The number of hydrogen-bond donors (Lipinski definition) is 4. The minimum atomic E-state index is -0.924. The first-order valence-corrected chi connectivity index (χ1v) is 10.2. The molecule has 0 saturated heterocycles. The van der Waals surface area contributed by atoms with E-state index >= 15 is 0 Å². The Balaban J connectivity index is 1.97. The first kappa shape index (κ1) is 24.8. The fraction of sp³-hybridized carbons (Fsp3) is 0.292. The van der Waals surface area contributed by atoms with Gasteiger partial charge in [-0.25, -0.2) is 0 Å². The van der Waals surface area contributed by atoms with Crippen molar-refractivity contribution < 1.29 is 19.5 Å². The second kappa shape index (κ2) is 12.4. The number of ketones is 1. The van der Waals surface area contributed by atoms with E-state index in [1.54, 1.807) is 36.4 Å². The normalized spacial score (nSPS) is 11.3. The molecule has 0 aromatic heterocycles. The Morgan fingerprint density at radius 1 is 1.03 bits per heavy atom. The number of aliphatic hydroxyl groups is 1. The molecule has 2 rings (SSSR count). The molecule has 8 nitrogen and oxygen atoms in total. The second-order valence-electron chi connectivity index (χ2n) is 7.17. The number of aliphatic hydroxyl groups excluding tert-OH is 1. The standard InChI is InChI=1S/C24H28N4O4/c1-3-28(2)15-23(31)26-20-12-8-18(9-13-20)5-4-17-6-10-19(11-7-17)24(32)27-21(14-25)22(30)16-29/h6-13,21,29H,3,14-16,25H2,1-2H3,(H,26,31)(H,27,32)/t21-/m0/s1. The van der Waals surface area contributed by atoms with E-state index in [-0.39, 0.29) is 12.5 Å². The average Bonchev–Trinajstić information content (AvgIpc) is 2.81. The molecule has 32 heavy (non-hydrogen) atoms. The van der Waals surface area contributed by atoms with Crippen molar-refractivity contribution in [3.05, 3.63) is 65.2 Å². The van der Waals surface area contributed by atoms with Crippen LogP contribution in [0.4, 0.5) is 5.69 Å². The quantitative estimate of drug-likeness (QED) is 0.427. The molecule has 5 N–H and O–H groups in total. The van der Waals surface area contributed by atoms with Gasteiger partial charge in [0.15, 0.2) is 5.78 Å². The fourth-order valence-electron chi connectivity index (χ4n) is 2.67. The Kier molecular flexibility index (Phi) is 9.57. The van der Waals surface area contributed by atoms with Gasteiger partial charge in [0, 0.05) is 28.9 Å². The topological polar surface area (TPSA) is 125 Å². The van der Waals surface area contributed by atoms with Crippen LogP contribution in [0.5, 0.6) is 0 Å². The van der Waals surface area contributed by atoms with Gasteiger partial charge in [0.1, 0.15) is 12.6 Å². The number of carbonyl (C=O) groups is 3. The Hall–Kier alpha value is -3.51. The number of nitrogens with zero attached hydrogens (tertiary/aromatic N) is 1. The lowest BCUT2D eigenvalue weighted by molar-refractivity contribution is -0.123. The summed E-state index contributed by atoms with van der Waals surface area (Å²) < 4.78 is 0. The summed E-state index contributed by atoms with van der Waals surface area (Å²) in [5.41, 5.74) is 8.02. The highest BCUT2D eigenvalue weighted by atomic mass is 16.3. The summed E-state index contributed by atoms with van der Waals surface area (Å²) in [7, 11) is 1.88. The van der Waals surface area contributed by atoms with Crippen molar-refractivity contribution in [3.8, 4) is 11.8 Å². The number of carbonyl (C=O) groups excluding carboxylic acids is 3. The number of nitrogens with two attached hydrogens (primary N) is 1. The van der Waals surface area contributed by atoms with Crippen LogP contribution in [0, 0.1) is 11.8 Å². The molecule has 2 amide bonds.